The molecule has 0 fully saturated rings. The fourth-order valence-corrected chi connectivity index (χ4v) is 2.18. The second-order valence-corrected chi connectivity index (χ2v) is 4.11. The Labute approximate surface area is 81.3 Å². The fourth-order valence-electron chi connectivity index (χ4n) is 1.16. The average Bonchev–Trinajstić information content (AvgIpc) is 2.51. The zero-order chi connectivity index (χ0) is 9.90. The molecule has 1 unspecified atom stereocenters. The highest BCUT2D eigenvalue weighted by atomic mass is 32.2. The third-order valence-electron chi connectivity index (χ3n) is 1.94. The topological polar surface area (TPSA) is 58.6 Å². The van der Waals surface area contributed by atoms with Crippen LogP contribution in [0.4, 0.5) is 0 Å². The molecule has 1 aliphatic heterocycles. The summed E-state index contributed by atoms with van der Waals surface area (Å²) in [5, 5.41) is 13.3. The van der Waals surface area contributed by atoms with Crippen LogP contribution >= 0.6 is 11.8 Å². The van der Waals surface area contributed by atoms with Gasteiger partial charge in [-0.3, -0.25) is 0 Å². The van der Waals surface area contributed by atoms with Gasteiger partial charge in [0.2, 0.25) is 0 Å². The van der Waals surface area contributed by atoms with E-state index in [4.69, 9.17) is 9.84 Å². The van der Waals surface area contributed by atoms with Gasteiger partial charge in [-0.1, -0.05) is 6.92 Å². The number of aliphatic carboxylic acids is 1. The Balaban J connectivity index is 2.63. The minimum absolute atomic E-state index is 0.254. The first kappa shape index (κ1) is 10.4. The van der Waals surface area contributed by atoms with Gasteiger partial charge >= 0.3 is 5.97 Å². The van der Waals surface area contributed by atoms with Gasteiger partial charge in [-0.2, -0.15) is 0 Å². The lowest BCUT2D eigenvalue weighted by Gasteiger charge is -2.27. The van der Waals surface area contributed by atoms with Gasteiger partial charge < -0.3 is 15.2 Å². The number of methoxy groups -OCH3 is 1. The summed E-state index contributed by atoms with van der Waals surface area (Å²) >= 11 is 1.47. The molecule has 0 spiro atoms. The van der Waals surface area contributed by atoms with Crippen LogP contribution in [0.15, 0.2) is 11.1 Å². The number of carbonyl (C=O) groups is 1. The second-order valence-electron chi connectivity index (χ2n) is 2.86. The van der Waals surface area contributed by atoms with Crippen molar-refractivity contribution in [2.75, 3.05) is 13.7 Å². The zero-order valence-electron chi connectivity index (χ0n) is 7.66. The number of carboxylic acid groups (broad SMARTS) is 1. The summed E-state index contributed by atoms with van der Waals surface area (Å²) in [6.45, 7) is 2.50. The quantitative estimate of drug-likeness (QED) is 0.714. The van der Waals surface area contributed by atoms with E-state index in [0.29, 0.717) is 6.61 Å². The van der Waals surface area contributed by atoms with Crippen molar-refractivity contribution in [3.05, 3.63) is 11.1 Å². The Morgan fingerprint density at radius 2 is 2.54 bits per heavy atom. The molecule has 1 atom stereocenters. The van der Waals surface area contributed by atoms with Gasteiger partial charge in [0.1, 0.15) is 10.6 Å². The highest BCUT2D eigenvalue weighted by Gasteiger charge is 2.35. The second kappa shape index (κ2) is 4.02. The van der Waals surface area contributed by atoms with Crippen LogP contribution in [-0.4, -0.2) is 29.7 Å². The molecule has 5 heteroatoms. The average molecular weight is 203 g/mol. The first-order valence-electron chi connectivity index (χ1n) is 4.02. The molecule has 1 rings (SSSR count). The van der Waals surface area contributed by atoms with Crippen LogP contribution < -0.4 is 5.32 Å². The summed E-state index contributed by atoms with van der Waals surface area (Å²) in [6.07, 6.45) is 0.818. The van der Waals surface area contributed by atoms with Crippen LogP contribution in [0, 0.1) is 0 Å². The molecule has 4 nitrogen and oxygen atoms in total. The van der Waals surface area contributed by atoms with E-state index >= 15 is 0 Å². The van der Waals surface area contributed by atoms with Crippen LogP contribution in [0.5, 0.6) is 0 Å². The molecule has 13 heavy (non-hydrogen) atoms. The number of nitrogens with one attached hydrogen (secondary N) is 1. The molecule has 0 aliphatic carbocycles. The molecule has 0 aromatic rings. The summed E-state index contributed by atoms with van der Waals surface area (Å²) in [7, 11) is 1.61. The maximum atomic E-state index is 10.6. The van der Waals surface area contributed by atoms with Crippen LogP contribution in [0.2, 0.25) is 0 Å². The Morgan fingerprint density at radius 1 is 1.85 bits per heavy atom. The van der Waals surface area contributed by atoms with E-state index in [1.807, 2.05) is 6.92 Å². The summed E-state index contributed by atoms with van der Waals surface area (Å²) < 4.78 is 5.04. The Morgan fingerprint density at radius 3 is 2.92 bits per heavy atom. The van der Waals surface area contributed by atoms with Gasteiger partial charge in [-0.05, 0) is 6.42 Å². The highest BCUT2D eigenvalue weighted by molar-refractivity contribution is 8.03. The van der Waals surface area contributed by atoms with Crippen molar-refractivity contribution >= 4 is 17.7 Å². The van der Waals surface area contributed by atoms with Gasteiger partial charge in [0.25, 0.3) is 0 Å². The third kappa shape index (κ3) is 2.16. The van der Waals surface area contributed by atoms with E-state index in [1.54, 1.807) is 12.5 Å². The van der Waals surface area contributed by atoms with Crippen molar-refractivity contribution in [3.8, 4) is 0 Å². The number of rotatable bonds is 4. The van der Waals surface area contributed by atoms with Crippen molar-refractivity contribution < 1.29 is 14.6 Å². The number of carboxylic acids is 1. The van der Waals surface area contributed by atoms with Gasteiger partial charge in [-0.15, -0.1) is 11.8 Å². The Bertz CT molecular complexity index is 242. The van der Waals surface area contributed by atoms with Crippen LogP contribution in [0.25, 0.3) is 0 Å². The molecule has 0 aromatic heterocycles. The standard InChI is InChI=1S/C8H13NO3S/c1-3-8(5-12-2)9-6(4-13-8)7(10)11/h4,9H,3,5H2,1-2H3,(H,10,11). The molecule has 0 radical (unpaired) electrons. The SMILES string of the molecule is CCC1(COC)NC(C(=O)O)=CS1. The lowest BCUT2D eigenvalue weighted by molar-refractivity contribution is -0.133. The van der Waals surface area contributed by atoms with Gasteiger partial charge in [0, 0.05) is 12.5 Å². The van der Waals surface area contributed by atoms with E-state index < -0.39 is 5.97 Å². The number of hydrogen-bond acceptors (Lipinski definition) is 4. The molecule has 0 saturated heterocycles. The lowest BCUT2D eigenvalue weighted by Crippen LogP contribution is -2.42. The van der Waals surface area contributed by atoms with Crippen LogP contribution in [-0.2, 0) is 9.53 Å². The fraction of sp³-hybridized carbons (Fsp3) is 0.625. The molecular weight excluding hydrogens is 190 g/mol. The van der Waals surface area contributed by atoms with E-state index in [2.05, 4.69) is 5.32 Å². The zero-order valence-corrected chi connectivity index (χ0v) is 8.48. The smallest absolute Gasteiger partial charge is 0.352 e. The normalized spacial score (nSPS) is 26.8. The van der Waals surface area contributed by atoms with Gasteiger partial charge in [-0.25, -0.2) is 4.79 Å². The molecule has 2 N–H and O–H groups in total. The third-order valence-corrected chi connectivity index (χ3v) is 3.26. The maximum Gasteiger partial charge on any atom is 0.352 e. The van der Waals surface area contributed by atoms with Crippen molar-refractivity contribution in [2.24, 2.45) is 0 Å². The predicted octanol–water partition coefficient (Wildman–Crippen LogP) is 1.00. The van der Waals surface area contributed by atoms with Crippen molar-refractivity contribution in [1.82, 2.24) is 5.32 Å². The summed E-state index contributed by atoms with van der Waals surface area (Å²) in [5.41, 5.74) is 0.254. The molecule has 1 heterocycles. The van der Waals surface area contributed by atoms with Crippen molar-refractivity contribution in [2.45, 2.75) is 18.2 Å². The molecule has 0 aromatic carbocycles. The minimum atomic E-state index is -0.918. The van der Waals surface area contributed by atoms with Gasteiger partial charge in [0.05, 0.1) is 6.61 Å². The van der Waals surface area contributed by atoms with E-state index in [-0.39, 0.29) is 10.6 Å². The first-order valence-corrected chi connectivity index (χ1v) is 4.90. The molecule has 0 bridgehead atoms. The van der Waals surface area contributed by atoms with Crippen molar-refractivity contribution in [1.29, 1.82) is 0 Å². The van der Waals surface area contributed by atoms with Gasteiger partial charge in [0.15, 0.2) is 0 Å². The molecular formula is C8H13NO3S. The summed E-state index contributed by atoms with van der Waals surface area (Å²) in [4.78, 5) is 10.3. The largest absolute Gasteiger partial charge is 0.477 e. The van der Waals surface area contributed by atoms with Crippen LogP contribution in [0.1, 0.15) is 13.3 Å². The van der Waals surface area contributed by atoms with E-state index in [0.717, 1.165) is 6.42 Å². The number of thioether (sulfide) groups is 1. The molecule has 0 saturated carbocycles. The highest BCUT2D eigenvalue weighted by Crippen LogP contribution is 2.34. The molecule has 1 aliphatic rings. The number of ether oxygens (including phenoxy) is 1. The predicted molar refractivity (Wildman–Crippen MR) is 51.3 cm³/mol. The Kier molecular flexibility index (Phi) is 3.22. The summed E-state index contributed by atoms with van der Waals surface area (Å²) in [5.74, 6) is -0.918. The molecule has 0 amide bonds. The number of hydrogen-bond donors (Lipinski definition) is 2. The van der Waals surface area contributed by atoms with Crippen LogP contribution in [0.3, 0.4) is 0 Å². The minimum Gasteiger partial charge on any atom is -0.477 e. The first-order chi connectivity index (χ1) is 6.13. The van der Waals surface area contributed by atoms with Crippen molar-refractivity contribution in [3.63, 3.8) is 0 Å². The monoisotopic (exact) mass is 203 g/mol. The van der Waals surface area contributed by atoms with E-state index in [9.17, 15) is 4.79 Å². The van der Waals surface area contributed by atoms with E-state index in [1.165, 1.54) is 11.8 Å². The maximum absolute atomic E-state index is 10.6. The molecule has 74 valence electrons. The summed E-state index contributed by atoms with van der Waals surface area (Å²) in [6, 6.07) is 0. The Hall–Kier alpha value is -0.680. The lowest BCUT2D eigenvalue weighted by atomic mass is 10.2.